The van der Waals surface area contributed by atoms with Gasteiger partial charge in [-0.05, 0) is 68.7 Å². The van der Waals surface area contributed by atoms with E-state index in [0.29, 0.717) is 53.4 Å². The molecular formula is C38H46N3O13S3+. The van der Waals surface area contributed by atoms with E-state index in [4.69, 9.17) is 4.84 Å². The molecule has 0 radical (unpaired) electrons. The van der Waals surface area contributed by atoms with Gasteiger partial charge in [-0.15, -0.1) is 5.06 Å². The Kier molecular flexibility index (Phi) is 12.5. The average molecular weight is 849 g/mol. The number of hydroxylamine groups is 2. The van der Waals surface area contributed by atoms with Gasteiger partial charge in [-0.25, -0.2) is 4.79 Å². The SMILES string of the molecule is CC1(C)C(/C=C/C=C/C=C2/N(CCCCCC(=O)ON3C(=O)CCC3=O)c3ccc(S(=O)(=O)O)cc3C2(C)C)=[N+](CCCS(=O)(=O)O)c2ccc(S(=O)(=O)O)cc21. The molecule has 2 aromatic carbocycles. The summed E-state index contributed by atoms with van der Waals surface area (Å²) in [5.41, 5.74) is 2.62. The third-order valence-corrected chi connectivity index (χ3v) is 12.8. The Bertz CT molecular complexity index is 2430. The predicted octanol–water partition coefficient (Wildman–Crippen LogP) is 4.80. The van der Waals surface area contributed by atoms with Gasteiger partial charge in [0.15, 0.2) is 5.71 Å². The summed E-state index contributed by atoms with van der Waals surface area (Å²) in [6, 6.07) is 8.59. The molecule has 3 heterocycles. The lowest BCUT2D eigenvalue weighted by Crippen LogP contribution is -2.32. The second-order valence-electron chi connectivity index (χ2n) is 15.0. The lowest BCUT2D eigenvalue weighted by atomic mass is 9.81. The van der Waals surface area contributed by atoms with E-state index in [1.165, 1.54) is 24.3 Å². The fourth-order valence-corrected chi connectivity index (χ4v) is 8.90. The number of benzene rings is 2. The van der Waals surface area contributed by atoms with Crippen molar-refractivity contribution in [2.75, 3.05) is 23.7 Å². The van der Waals surface area contributed by atoms with Crippen molar-refractivity contribution in [2.24, 2.45) is 0 Å². The molecule has 3 aliphatic rings. The van der Waals surface area contributed by atoms with Crippen LogP contribution in [0.15, 0.2) is 82.3 Å². The first-order chi connectivity index (χ1) is 26.4. The minimum absolute atomic E-state index is 0.00253. The van der Waals surface area contributed by atoms with Crippen molar-refractivity contribution in [3.63, 3.8) is 0 Å². The number of fused-ring (bicyclic) bond motifs is 2. The van der Waals surface area contributed by atoms with Gasteiger partial charge in [0.1, 0.15) is 6.54 Å². The number of unbranched alkanes of at least 4 members (excludes halogenated alkanes) is 2. The van der Waals surface area contributed by atoms with Crippen LogP contribution in [0.3, 0.4) is 0 Å². The van der Waals surface area contributed by atoms with Gasteiger partial charge in [-0.3, -0.25) is 23.2 Å². The van der Waals surface area contributed by atoms with E-state index < -0.39 is 64.7 Å². The monoisotopic (exact) mass is 848 g/mol. The fourth-order valence-electron chi connectivity index (χ4n) is 7.40. The molecule has 19 heteroatoms. The molecule has 1 fully saturated rings. The molecule has 0 bridgehead atoms. The maximum absolute atomic E-state index is 12.3. The Labute approximate surface area is 332 Å². The Morgan fingerprint density at radius 3 is 2.02 bits per heavy atom. The third-order valence-electron chi connectivity index (χ3n) is 10.3. The number of carbonyl (C=O) groups excluding carboxylic acids is 3. The van der Waals surface area contributed by atoms with Crippen molar-refractivity contribution in [3.05, 3.63) is 83.6 Å². The highest BCUT2D eigenvalue weighted by Crippen LogP contribution is 2.48. The van der Waals surface area contributed by atoms with Gasteiger partial charge < -0.3 is 9.74 Å². The van der Waals surface area contributed by atoms with E-state index in [-0.39, 0.29) is 42.0 Å². The van der Waals surface area contributed by atoms with Gasteiger partial charge in [0.2, 0.25) is 5.69 Å². The van der Waals surface area contributed by atoms with Crippen molar-refractivity contribution in [1.29, 1.82) is 0 Å². The third kappa shape index (κ3) is 9.78. The fraction of sp³-hybridized carbons (Fsp3) is 0.421. The molecule has 0 unspecified atom stereocenters. The molecule has 0 aliphatic carbocycles. The second kappa shape index (κ2) is 16.4. The summed E-state index contributed by atoms with van der Waals surface area (Å²) >= 11 is 0. The van der Waals surface area contributed by atoms with Crippen molar-refractivity contribution in [3.8, 4) is 0 Å². The summed E-state index contributed by atoms with van der Waals surface area (Å²) in [5.74, 6) is -2.27. The van der Waals surface area contributed by atoms with Crippen LogP contribution in [0.2, 0.25) is 0 Å². The number of amides is 2. The lowest BCUT2D eigenvalue weighted by molar-refractivity contribution is -0.437. The zero-order valence-electron chi connectivity index (χ0n) is 31.9. The zero-order valence-corrected chi connectivity index (χ0v) is 34.4. The minimum Gasteiger partial charge on any atom is -0.344 e. The van der Waals surface area contributed by atoms with Crippen molar-refractivity contribution in [2.45, 2.75) is 93.3 Å². The van der Waals surface area contributed by atoms with Crippen LogP contribution < -0.4 is 4.90 Å². The van der Waals surface area contributed by atoms with Crippen LogP contribution in [0.25, 0.3) is 0 Å². The number of nitrogens with zero attached hydrogens (tertiary/aromatic N) is 3. The summed E-state index contributed by atoms with van der Waals surface area (Å²) in [5, 5.41) is 0.518. The van der Waals surface area contributed by atoms with E-state index in [9.17, 15) is 53.3 Å². The average Bonchev–Trinajstić information content (AvgIpc) is 3.61. The maximum atomic E-state index is 12.3. The molecule has 0 atom stereocenters. The highest BCUT2D eigenvalue weighted by atomic mass is 32.2. The molecule has 3 aliphatic heterocycles. The van der Waals surface area contributed by atoms with E-state index in [1.54, 1.807) is 36.4 Å². The Balaban J connectivity index is 1.38. The van der Waals surface area contributed by atoms with E-state index in [2.05, 4.69) is 0 Å². The Morgan fingerprint density at radius 2 is 1.40 bits per heavy atom. The van der Waals surface area contributed by atoms with Gasteiger partial charge in [0.25, 0.3) is 42.2 Å². The van der Waals surface area contributed by atoms with Gasteiger partial charge in [0.05, 0.1) is 21.0 Å². The van der Waals surface area contributed by atoms with Crippen LogP contribution in [0.5, 0.6) is 0 Å². The van der Waals surface area contributed by atoms with Crippen molar-refractivity contribution in [1.82, 2.24) is 5.06 Å². The number of allylic oxidation sites excluding steroid dienone is 6. The number of carbonyl (C=O) groups is 3. The van der Waals surface area contributed by atoms with E-state index in [0.717, 1.165) is 11.4 Å². The standard InChI is InChI=1S/C38H45N3O13S3/c1-37(2)28-24-26(56(48,49)50)15-17-30(28)39(21-10-6-9-14-36(44)54-41-34(42)19-20-35(41)43)32(37)12-7-5-8-13-33-38(3,4)29-25-27(57(51,52)53)16-18-31(29)40(33)22-11-23-55(45,46)47/h5,7-8,12-13,15-18,24-25H,6,9-11,14,19-23H2,1-4H3,(H2-,45,46,47,48,49,50,51,52,53)/p+1. The van der Waals surface area contributed by atoms with Gasteiger partial charge in [-0.1, -0.05) is 38.5 Å². The first-order valence-electron chi connectivity index (χ1n) is 18.2. The number of hydrogen-bond donors (Lipinski definition) is 3. The number of imide groups is 1. The van der Waals surface area contributed by atoms with E-state index >= 15 is 0 Å². The number of anilines is 1. The molecule has 5 rings (SSSR count). The van der Waals surface area contributed by atoms with Crippen LogP contribution in [-0.2, 0) is 60.4 Å². The highest BCUT2D eigenvalue weighted by Gasteiger charge is 2.45. The number of hydrogen-bond acceptors (Lipinski definition) is 11. The smallest absolute Gasteiger partial charge is 0.333 e. The lowest BCUT2D eigenvalue weighted by Gasteiger charge is -2.27. The van der Waals surface area contributed by atoms with Gasteiger partial charge in [0, 0.05) is 66.7 Å². The van der Waals surface area contributed by atoms with Crippen LogP contribution in [-0.4, -0.2) is 90.9 Å². The first kappa shape index (κ1) is 43.6. The molecule has 2 amide bonds. The molecule has 308 valence electrons. The summed E-state index contributed by atoms with van der Waals surface area (Å²) < 4.78 is 102. The van der Waals surface area contributed by atoms with Gasteiger partial charge in [-0.2, -0.15) is 29.8 Å². The molecule has 0 saturated carbocycles. The van der Waals surface area contributed by atoms with Crippen LogP contribution in [0.1, 0.15) is 83.8 Å². The predicted molar refractivity (Wildman–Crippen MR) is 209 cm³/mol. The Hall–Kier alpha value is -4.53. The molecule has 16 nitrogen and oxygen atoms in total. The summed E-state index contributed by atoms with van der Waals surface area (Å²) in [7, 11) is -13.2. The summed E-state index contributed by atoms with van der Waals surface area (Å²) in [6.45, 7) is 8.23. The first-order valence-corrected chi connectivity index (χ1v) is 22.7. The second-order valence-corrected chi connectivity index (χ2v) is 19.5. The minimum atomic E-state index is -4.50. The van der Waals surface area contributed by atoms with Gasteiger partial charge >= 0.3 is 5.97 Å². The van der Waals surface area contributed by atoms with E-state index in [1.807, 2.05) is 43.2 Å². The van der Waals surface area contributed by atoms with Crippen LogP contribution in [0, 0.1) is 0 Å². The zero-order chi connectivity index (χ0) is 42.1. The molecule has 0 spiro atoms. The van der Waals surface area contributed by atoms with Crippen LogP contribution in [0.4, 0.5) is 11.4 Å². The summed E-state index contributed by atoms with van der Waals surface area (Å²) in [4.78, 5) is 42.3. The quantitative estimate of drug-likeness (QED) is 0.0678. The van der Waals surface area contributed by atoms with Crippen LogP contribution >= 0.6 is 0 Å². The highest BCUT2D eigenvalue weighted by molar-refractivity contribution is 7.86. The molecular weight excluding hydrogens is 803 g/mol. The maximum Gasteiger partial charge on any atom is 0.333 e. The molecule has 1 saturated heterocycles. The summed E-state index contributed by atoms with van der Waals surface area (Å²) in [6.07, 6.45) is 10.7. The largest absolute Gasteiger partial charge is 0.344 e. The molecule has 2 aromatic rings. The number of rotatable bonds is 16. The Morgan fingerprint density at radius 1 is 0.789 bits per heavy atom. The molecule has 3 N–H and O–H groups in total. The van der Waals surface area contributed by atoms with Crippen molar-refractivity contribution < 1.29 is 62.7 Å². The topological polar surface area (TPSA) is 233 Å². The molecule has 0 aromatic heterocycles. The molecule has 57 heavy (non-hydrogen) atoms. The van der Waals surface area contributed by atoms with Crippen molar-refractivity contribution >= 4 is 65.2 Å². The normalized spacial score (nSPS) is 18.8.